The highest BCUT2D eigenvalue weighted by atomic mass is 32.2. The van der Waals surface area contributed by atoms with E-state index in [1.54, 1.807) is 19.2 Å². The molecule has 2 aromatic rings. The van der Waals surface area contributed by atoms with Crippen molar-refractivity contribution in [2.75, 3.05) is 10.5 Å². The number of benzene rings is 1. The second kappa shape index (κ2) is 5.19. The SMILES string of the molecule is Cc1ccncc1NS(=O)(=O)c1ccc(C#N)cc1N. The Morgan fingerprint density at radius 1 is 1.35 bits per heavy atom. The molecule has 0 aliphatic rings. The number of nitrogens with one attached hydrogen (secondary N) is 1. The summed E-state index contributed by atoms with van der Waals surface area (Å²) in [6.45, 7) is 1.77. The van der Waals surface area contributed by atoms with Crippen LogP contribution in [0.3, 0.4) is 0 Å². The predicted octanol–water partition coefficient (Wildman–Crippen LogP) is 1.64. The summed E-state index contributed by atoms with van der Waals surface area (Å²) in [6, 6.07) is 7.63. The highest BCUT2D eigenvalue weighted by Gasteiger charge is 2.18. The maximum Gasteiger partial charge on any atom is 0.264 e. The minimum Gasteiger partial charge on any atom is -0.398 e. The van der Waals surface area contributed by atoms with Gasteiger partial charge >= 0.3 is 0 Å². The van der Waals surface area contributed by atoms with E-state index in [-0.39, 0.29) is 10.6 Å². The first-order valence-electron chi connectivity index (χ1n) is 5.67. The smallest absolute Gasteiger partial charge is 0.264 e. The van der Waals surface area contributed by atoms with Gasteiger partial charge in [0.1, 0.15) is 4.90 Å². The molecule has 7 heteroatoms. The van der Waals surface area contributed by atoms with Crippen LogP contribution in [0, 0.1) is 18.3 Å². The van der Waals surface area contributed by atoms with E-state index in [1.807, 2.05) is 6.07 Å². The first kappa shape index (κ1) is 13.8. The van der Waals surface area contributed by atoms with Crippen molar-refractivity contribution >= 4 is 21.4 Å². The Labute approximate surface area is 116 Å². The molecule has 102 valence electrons. The van der Waals surface area contributed by atoms with Crippen LogP contribution in [0.1, 0.15) is 11.1 Å². The molecule has 6 nitrogen and oxygen atoms in total. The van der Waals surface area contributed by atoms with E-state index in [0.717, 1.165) is 5.56 Å². The summed E-state index contributed by atoms with van der Waals surface area (Å²) in [5, 5.41) is 8.75. The van der Waals surface area contributed by atoms with Crippen molar-refractivity contribution < 1.29 is 8.42 Å². The molecule has 0 fully saturated rings. The number of aryl methyl sites for hydroxylation is 1. The molecule has 0 unspecified atom stereocenters. The maximum absolute atomic E-state index is 12.3. The molecule has 0 spiro atoms. The highest BCUT2D eigenvalue weighted by Crippen LogP contribution is 2.23. The van der Waals surface area contributed by atoms with Crippen molar-refractivity contribution in [2.45, 2.75) is 11.8 Å². The van der Waals surface area contributed by atoms with Crippen molar-refractivity contribution in [3.05, 3.63) is 47.8 Å². The number of nitrogen functional groups attached to an aromatic ring is 1. The fraction of sp³-hybridized carbons (Fsp3) is 0.0769. The molecule has 0 saturated carbocycles. The summed E-state index contributed by atoms with van der Waals surface area (Å²) >= 11 is 0. The number of aromatic nitrogens is 1. The number of pyridine rings is 1. The minimum atomic E-state index is -3.82. The van der Waals surface area contributed by atoms with Crippen LogP contribution in [-0.4, -0.2) is 13.4 Å². The number of nitrogens with two attached hydrogens (primary N) is 1. The van der Waals surface area contributed by atoms with Crippen LogP contribution in [0.4, 0.5) is 11.4 Å². The third-order valence-electron chi connectivity index (χ3n) is 2.71. The van der Waals surface area contributed by atoms with Crippen LogP contribution < -0.4 is 10.5 Å². The zero-order chi connectivity index (χ0) is 14.8. The number of nitriles is 1. The molecule has 3 N–H and O–H groups in total. The van der Waals surface area contributed by atoms with Crippen molar-refractivity contribution in [1.82, 2.24) is 4.98 Å². The fourth-order valence-corrected chi connectivity index (χ4v) is 2.86. The van der Waals surface area contributed by atoms with Gasteiger partial charge in [-0.25, -0.2) is 8.42 Å². The van der Waals surface area contributed by atoms with E-state index in [9.17, 15) is 8.42 Å². The van der Waals surface area contributed by atoms with Gasteiger partial charge < -0.3 is 5.73 Å². The van der Waals surface area contributed by atoms with Crippen LogP contribution in [0.2, 0.25) is 0 Å². The fourth-order valence-electron chi connectivity index (χ4n) is 1.63. The van der Waals surface area contributed by atoms with Crippen LogP contribution >= 0.6 is 0 Å². The van der Waals surface area contributed by atoms with Crippen molar-refractivity contribution in [3.63, 3.8) is 0 Å². The first-order chi connectivity index (χ1) is 9.44. The number of sulfonamides is 1. The molecule has 1 aromatic heterocycles. The van der Waals surface area contributed by atoms with E-state index in [1.165, 1.54) is 24.4 Å². The molecule has 0 amide bonds. The molecular formula is C13H12N4O2S. The second-order valence-corrected chi connectivity index (χ2v) is 5.81. The number of nitrogens with zero attached hydrogens (tertiary/aromatic N) is 2. The first-order valence-corrected chi connectivity index (χ1v) is 7.15. The standard InChI is InChI=1S/C13H12N4O2S/c1-9-4-5-16-8-12(9)17-20(18,19)13-3-2-10(7-14)6-11(13)15/h2-6,8,17H,15H2,1H3. The summed E-state index contributed by atoms with van der Waals surface area (Å²) in [5.74, 6) is 0. The molecule has 0 atom stereocenters. The highest BCUT2D eigenvalue weighted by molar-refractivity contribution is 7.92. The van der Waals surface area contributed by atoms with E-state index in [4.69, 9.17) is 11.0 Å². The normalized spacial score (nSPS) is 10.8. The van der Waals surface area contributed by atoms with Crippen LogP contribution in [0.15, 0.2) is 41.6 Å². The lowest BCUT2D eigenvalue weighted by Crippen LogP contribution is -2.15. The summed E-state index contributed by atoms with van der Waals surface area (Å²) in [5.41, 5.74) is 7.15. The van der Waals surface area contributed by atoms with Crippen molar-refractivity contribution in [2.24, 2.45) is 0 Å². The Kier molecular flexibility index (Phi) is 3.59. The number of anilines is 2. The van der Waals surface area contributed by atoms with Gasteiger partial charge in [-0.3, -0.25) is 9.71 Å². The van der Waals surface area contributed by atoms with Gasteiger partial charge in [-0.15, -0.1) is 0 Å². The topological polar surface area (TPSA) is 109 Å². The molecule has 1 aromatic carbocycles. The molecule has 20 heavy (non-hydrogen) atoms. The van der Waals surface area contributed by atoms with E-state index in [0.29, 0.717) is 11.3 Å². The Balaban J connectivity index is 2.42. The Hall–Kier alpha value is -2.59. The van der Waals surface area contributed by atoms with E-state index >= 15 is 0 Å². The van der Waals surface area contributed by atoms with Crippen LogP contribution in [0.25, 0.3) is 0 Å². The molecule has 2 rings (SSSR count). The van der Waals surface area contributed by atoms with Gasteiger partial charge in [0, 0.05) is 6.20 Å². The zero-order valence-corrected chi connectivity index (χ0v) is 11.5. The average molecular weight is 288 g/mol. The lowest BCUT2D eigenvalue weighted by Gasteiger charge is -2.11. The molecule has 0 radical (unpaired) electrons. The maximum atomic E-state index is 12.3. The van der Waals surface area contributed by atoms with Gasteiger partial charge in [0.15, 0.2) is 0 Å². The van der Waals surface area contributed by atoms with Gasteiger partial charge in [-0.1, -0.05) is 0 Å². The number of hydrogen-bond donors (Lipinski definition) is 2. The van der Waals surface area contributed by atoms with Gasteiger partial charge in [0.05, 0.1) is 29.2 Å². The Bertz CT molecular complexity index is 794. The quantitative estimate of drug-likeness (QED) is 0.834. The molecule has 0 aliphatic carbocycles. The number of rotatable bonds is 3. The second-order valence-electron chi connectivity index (χ2n) is 4.16. The molecule has 0 aliphatic heterocycles. The van der Waals surface area contributed by atoms with Crippen molar-refractivity contribution in [3.8, 4) is 6.07 Å². The van der Waals surface area contributed by atoms with E-state index < -0.39 is 10.0 Å². The Morgan fingerprint density at radius 2 is 2.10 bits per heavy atom. The van der Waals surface area contributed by atoms with Gasteiger partial charge in [0.2, 0.25) is 0 Å². The summed E-state index contributed by atoms with van der Waals surface area (Å²) in [6.07, 6.45) is 3.00. The third-order valence-corrected chi connectivity index (χ3v) is 4.15. The number of hydrogen-bond acceptors (Lipinski definition) is 5. The van der Waals surface area contributed by atoms with Crippen LogP contribution in [-0.2, 0) is 10.0 Å². The van der Waals surface area contributed by atoms with Crippen LogP contribution in [0.5, 0.6) is 0 Å². The van der Waals surface area contributed by atoms with Gasteiger partial charge in [0.25, 0.3) is 10.0 Å². The van der Waals surface area contributed by atoms with Gasteiger partial charge in [-0.2, -0.15) is 5.26 Å². The van der Waals surface area contributed by atoms with Crippen molar-refractivity contribution in [1.29, 1.82) is 5.26 Å². The summed E-state index contributed by atoms with van der Waals surface area (Å²) < 4.78 is 27.0. The third kappa shape index (κ3) is 2.70. The summed E-state index contributed by atoms with van der Waals surface area (Å²) in [4.78, 5) is 3.80. The molecular weight excluding hydrogens is 276 g/mol. The lowest BCUT2D eigenvalue weighted by atomic mass is 10.2. The van der Waals surface area contributed by atoms with E-state index in [2.05, 4.69) is 9.71 Å². The average Bonchev–Trinajstić information content (AvgIpc) is 2.40. The lowest BCUT2D eigenvalue weighted by molar-refractivity contribution is 0.601. The van der Waals surface area contributed by atoms with Gasteiger partial charge in [-0.05, 0) is 36.8 Å². The minimum absolute atomic E-state index is 0.0260. The largest absolute Gasteiger partial charge is 0.398 e. The molecule has 1 heterocycles. The monoisotopic (exact) mass is 288 g/mol. The summed E-state index contributed by atoms with van der Waals surface area (Å²) in [7, 11) is -3.82. The zero-order valence-electron chi connectivity index (χ0n) is 10.7. The molecule has 0 bridgehead atoms. The Morgan fingerprint density at radius 3 is 2.70 bits per heavy atom. The molecule has 0 saturated heterocycles. The predicted molar refractivity (Wildman–Crippen MR) is 75.4 cm³/mol.